The first-order valence-corrected chi connectivity index (χ1v) is 5.88. The Morgan fingerprint density at radius 3 is 3.00 bits per heavy atom. The quantitative estimate of drug-likeness (QED) is 0.818. The van der Waals surface area contributed by atoms with E-state index in [0.29, 0.717) is 37.8 Å². The fourth-order valence-electron chi connectivity index (χ4n) is 1.77. The van der Waals surface area contributed by atoms with Crippen LogP contribution in [0.4, 0.5) is 0 Å². The number of nitrogens with two attached hydrogens (primary N) is 1. The van der Waals surface area contributed by atoms with Crippen LogP contribution in [0.5, 0.6) is 0 Å². The van der Waals surface area contributed by atoms with E-state index < -0.39 is 0 Å². The molecule has 92 valence electrons. The Bertz CT molecular complexity index is 418. The van der Waals surface area contributed by atoms with Crippen LogP contribution in [0.1, 0.15) is 28.4 Å². The fraction of sp³-hybridized carbons (Fsp3) is 0.462. The Morgan fingerprint density at radius 1 is 1.47 bits per heavy atom. The molecule has 0 saturated carbocycles. The predicted octanol–water partition coefficient (Wildman–Crippen LogP) is 1.04. The molecule has 1 atom stereocenters. The molecule has 1 heterocycles. The first kappa shape index (κ1) is 12.1. The third-order valence-corrected chi connectivity index (χ3v) is 3.00. The normalized spacial score (nSPS) is 15.4. The molecule has 0 aliphatic carbocycles. The Balaban J connectivity index is 2.00. The summed E-state index contributed by atoms with van der Waals surface area (Å²) in [6.07, 6.45) is 0. The molecule has 1 aliphatic rings. The van der Waals surface area contributed by atoms with Gasteiger partial charge < -0.3 is 15.8 Å². The number of rotatable bonds is 4. The minimum Gasteiger partial charge on any atom is -0.372 e. The number of ether oxygens (including phenoxy) is 1. The lowest BCUT2D eigenvalue weighted by Crippen LogP contribution is -2.31. The molecule has 0 fully saturated rings. The molecule has 4 heteroatoms. The molecular formula is C13H18N2O2. The second-order valence-electron chi connectivity index (χ2n) is 4.53. The minimum absolute atomic E-state index is 0.0417. The standard InChI is InChI=1S/C13H18N2O2/c1-9(5-14)6-15-13(16)10-2-3-11-7-17-8-12(11)4-10/h2-4,9H,5-8,14H2,1H3,(H,15,16). The van der Waals surface area contributed by atoms with Gasteiger partial charge in [0.25, 0.3) is 5.91 Å². The van der Waals surface area contributed by atoms with Gasteiger partial charge in [-0.15, -0.1) is 0 Å². The molecule has 1 aromatic carbocycles. The van der Waals surface area contributed by atoms with Crippen LogP contribution in [0.2, 0.25) is 0 Å². The zero-order valence-electron chi connectivity index (χ0n) is 10.0. The molecule has 0 spiro atoms. The van der Waals surface area contributed by atoms with Gasteiger partial charge in [0.05, 0.1) is 13.2 Å². The average Bonchev–Trinajstić information content (AvgIpc) is 2.82. The molecule has 1 unspecified atom stereocenters. The molecule has 1 aliphatic heterocycles. The molecule has 0 aromatic heterocycles. The number of benzene rings is 1. The molecule has 3 N–H and O–H groups in total. The van der Waals surface area contributed by atoms with Crippen molar-refractivity contribution in [1.29, 1.82) is 0 Å². The smallest absolute Gasteiger partial charge is 0.251 e. The van der Waals surface area contributed by atoms with Crippen molar-refractivity contribution in [2.24, 2.45) is 11.7 Å². The van der Waals surface area contributed by atoms with Crippen LogP contribution in [-0.2, 0) is 18.0 Å². The highest BCUT2D eigenvalue weighted by molar-refractivity contribution is 5.94. The van der Waals surface area contributed by atoms with Gasteiger partial charge in [0.15, 0.2) is 0 Å². The van der Waals surface area contributed by atoms with E-state index in [2.05, 4.69) is 5.32 Å². The summed E-state index contributed by atoms with van der Waals surface area (Å²) in [7, 11) is 0. The van der Waals surface area contributed by atoms with E-state index in [1.807, 2.05) is 25.1 Å². The zero-order chi connectivity index (χ0) is 12.3. The van der Waals surface area contributed by atoms with E-state index in [0.717, 1.165) is 5.56 Å². The maximum absolute atomic E-state index is 11.9. The number of carbonyl (C=O) groups is 1. The van der Waals surface area contributed by atoms with Gasteiger partial charge in [0.1, 0.15) is 0 Å². The number of nitrogens with one attached hydrogen (secondary N) is 1. The van der Waals surface area contributed by atoms with E-state index in [-0.39, 0.29) is 5.91 Å². The van der Waals surface area contributed by atoms with Gasteiger partial charge in [-0.05, 0) is 35.7 Å². The first-order chi connectivity index (χ1) is 8.20. The summed E-state index contributed by atoms with van der Waals surface area (Å²) in [6.45, 7) is 4.47. The number of hydrogen-bond donors (Lipinski definition) is 2. The van der Waals surface area contributed by atoms with Gasteiger partial charge in [-0.25, -0.2) is 0 Å². The number of fused-ring (bicyclic) bond motifs is 1. The predicted molar refractivity (Wildman–Crippen MR) is 65.5 cm³/mol. The minimum atomic E-state index is -0.0417. The lowest BCUT2D eigenvalue weighted by atomic mass is 10.1. The Morgan fingerprint density at radius 2 is 2.24 bits per heavy atom. The van der Waals surface area contributed by atoms with Gasteiger partial charge in [-0.2, -0.15) is 0 Å². The lowest BCUT2D eigenvalue weighted by molar-refractivity contribution is 0.0948. The van der Waals surface area contributed by atoms with Crippen LogP contribution >= 0.6 is 0 Å². The van der Waals surface area contributed by atoms with Crippen molar-refractivity contribution in [1.82, 2.24) is 5.32 Å². The third kappa shape index (κ3) is 2.84. The summed E-state index contributed by atoms with van der Waals surface area (Å²) < 4.78 is 5.32. The molecule has 0 radical (unpaired) electrons. The van der Waals surface area contributed by atoms with Gasteiger partial charge in [-0.3, -0.25) is 4.79 Å². The maximum atomic E-state index is 11.9. The van der Waals surface area contributed by atoms with E-state index in [9.17, 15) is 4.79 Å². The third-order valence-electron chi connectivity index (χ3n) is 3.00. The molecule has 17 heavy (non-hydrogen) atoms. The first-order valence-electron chi connectivity index (χ1n) is 5.88. The van der Waals surface area contributed by atoms with Crippen molar-refractivity contribution >= 4 is 5.91 Å². The molecule has 1 aromatic rings. The van der Waals surface area contributed by atoms with Crippen LogP contribution in [0.25, 0.3) is 0 Å². The van der Waals surface area contributed by atoms with Crippen LogP contribution in [-0.4, -0.2) is 19.0 Å². The van der Waals surface area contributed by atoms with Crippen molar-refractivity contribution in [2.75, 3.05) is 13.1 Å². The SMILES string of the molecule is CC(CN)CNC(=O)c1ccc2c(c1)COC2. The summed E-state index contributed by atoms with van der Waals surface area (Å²) in [5, 5.41) is 2.88. The van der Waals surface area contributed by atoms with Crippen LogP contribution in [0.15, 0.2) is 18.2 Å². The summed E-state index contributed by atoms with van der Waals surface area (Å²) >= 11 is 0. The van der Waals surface area contributed by atoms with Crippen LogP contribution in [0.3, 0.4) is 0 Å². The van der Waals surface area contributed by atoms with E-state index in [1.54, 1.807) is 0 Å². The summed E-state index contributed by atoms with van der Waals surface area (Å²) in [6, 6.07) is 5.71. The molecule has 1 amide bonds. The number of amides is 1. The molecule has 2 rings (SSSR count). The van der Waals surface area contributed by atoms with E-state index in [4.69, 9.17) is 10.5 Å². The summed E-state index contributed by atoms with van der Waals surface area (Å²) in [5.74, 6) is 0.261. The van der Waals surface area contributed by atoms with Crippen molar-refractivity contribution < 1.29 is 9.53 Å². The van der Waals surface area contributed by atoms with E-state index in [1.165, 1.54) is 5.56 Å². The highest BCUT2D eigenvalue weighted by Crippen LogP contribution is 2.20. The van der Waals surface area contributed by atoms with Gasteiger partial charge in [0.2, 0.25) is 0 Å². The van der Waals surface area contributed by atoms with Crippen molar-refractivity contribution in [3.8, 4) is 0 Å². The number of carbonyl (C=O) groups excluding carboxylic acids is 1. The highest BCUT2D eigenvalue weighted by atomic mass is 16.5. The topological polar surface area (TPSA) is 64.3 Å². The highest BCUT2D eigenvalue weighted by Gasteiger charge is 2.14. The van der Waals surface area contributed by atoms with Gasteiger partial charge >= 0.3 is 0 Å². The van der Waals surface area contributed by atoms with Gasteiger partial charge in [0, 0.05) is 12.1 Å². The van der Waals surface area contributed by atoms with Crippen LogP contribution in [0, 0.1) is 5.92 Å². The molecule has 0 bridgehead atoms. The molecular weight excluding hydrogens is 216 g/mol. The van der Waals surface area contributed by atoms with Crippen LogP contribution < -0.4 is 11.1 Å². The second-order valence-corrected chi connectivity index (χ2v) is 4.53. The number of hydrogen-bond acceptors (Lipinski definition) is 3. The largest absolute Gasteiger partial charge is 0.372 e. The lowest BCUT2D eigenvalue weighted by Gasteiger charge is -2.10. The summed E-state index contributed by atoms with van der Waals surface area (Å²) in [5.41, 5.74) is 8.49. The van der Waals surface area contributed by atoms with Crippen molar-refractivity contribution in [3.05, 3.63) is 34.9 Å². The Kier molecular flexibility index (Phi) is 3.76. The Labute approximate surface area is 101 Å². The average molecular weight is 234 g/mol. The maximum Gasteiger partial charge on any atom is 0.251 e. The molecule has 4 nitrogen and oxygen atoms in total. The monoisotopic (exact) mass is 234 g/mol. The second kappa shape index (κ2) is 5.29. The summed E-state index contributed by atoms with van der Waals surface area (Å²) in [4.78, 5) is 11.9. The van der Waals surface area contributed by atoms with Crippen molar-refractivity contribution in [2.45, 2.75) is 20.1 Å². The fourth-order valence-corrected chi connectivity index (χ4v) is 1.77. The Hall–Kier alpha value is -1.39. The zero-order valence-corrected chi connectivity index (χ0v) is 10.0. The molecule has 0 saturated heterocycles. The van der Waals surface area contributed by atoms with E-state index >= 15 is 0 Å². The van der Waals surface area contributed by atoms with Crippen molar-refractivity contribution in [3.63, 3.8) is 0 Å². The van der Waals surface area contributed by atoms with Gasteiger partial charge in [-0.1, -0.05) is 13.0 Å².